The monoisotopic (exact) mass is 340 g/mol. The summed E-state index contributed by atoms with van der Waals surface area (Å²) in [4.78, 5) is 36.1. The highest BCUT2D eigenvalue weighted by molar-refractivity contribution is 7.16. The highest BCUT2D eigenvalue weighted by Crippen LogP contribution is 2.33. The second kappa shape index (κ2) is 8.67. The van der Waals surface area contributed by atoms with Crippen molar-refractivity contribution in [1.29, 1.82) is 0 Å². The molecule has 0 aliphatic carbocycles. The Morgan fingerprint density at radius 3 is 2.30 bits per heavy atom. The van der Waals surface area contributed by atoms with Crippen molar-refractivity contribution >= 4 is 34.1 Å². The predicted octanol–water partition coefficient (Wildman–Crippen LogP) is 2.94. The molecule has 128 valence electrons. The number of carboxylic acids is 1. The lowest BCUT2D eigenvalue weighted by Crippen LogP contribution is -2.28. The predicted molar refractivity (Wildman–Crippen MR) is 91.1 cm³/mol. The van der Waals surface area contributed by atoms with E-state index in [1.54, 1.807) is 0 Å². The van der Waals surface area contributed by atoms with Gasteiger partial charge in [-0.1, -0.05) is 13.8 Å². The Balaban J connectivity index is 2.93. The maximum atomic E-state index is 12.3. The molecule has 0 fully saturated rings. The van der Waals surface area contributed by atoms with E-state index < -0.39 is 5.97 Å². The zero-order valence-electron chi connectivity index (χ0n) is 14.0. The topological polar surface area (TPSA) is 95.5 Å². The minimum absolute atomic E-state index is 0.0580. The van der Waals surface area contributed by atoms with Crippen LogP contribution in [0.15, 0.2) is 0 Å². The first-order valence-electron chi connectivity index (χ1n) is 7.72. The van der Waals surface area contributed by atoms with E-state index in [9.17, 15) is 14.4 Å². The van der Waals surface area contributed by atoms with Crippen LogP contribution < -0.4 is 10.6 Å². The fourth-order valence-electron chi connectivity index (χ4n) is 2.23. The molecule has 0 aromatic carbocycles. The van der Waals surface area contributed by atoms with E-state index in [-0.39, 0.29) is 30.7 Å². The molecule has 6 nitrogen and oxygen atoms in total. The van der Waals surface area contributed by atoms with Crippen LogP contribution in [0.3, 0.4) is 0 Å². The van der Waals surface area contributed by atoms with Gasteiger partial charge in [0.1, 0.15) is 5.00 Å². The molecule has 0 saturated carbocycles. The number of thiophene rings is 1. The van der Waals surface area contributed by atoms with Crippen LogP contribution in [0, 0.1) is 19.8 Å². The molecular formula is C16H24N2O4S. The third kappa shape index (κ3) is 5.06. The fourth-order valence-corrected chi connectivity index (χ4v) is 3.29. The number of carboxylic acid groups (broad SMARTS) is 1. The smallest absolute Gasteiger partial charge is 0.305 e. The Hall–Kier alpha value is -1.89. The van der Waals surface area contributed by atoms with Crippen molar-refractivity contribution in [3.63, 3.8) is 0 Å². The van der Waals surface area contributed by atoms with Gasteiger partial charge < -0.3 is 15.7 Å². The minimum Gasteiger partial charge on any atom is -0.481 e. The van der Waals surface area contributed by atoms with Gasteiger partial charge in [-0.15, -0.1) is 11.3 Å². The molecule has 1 aromatic heterocycles. The fraction of sp³-hybridized carbons (Fsp3) is 0.562. The quantitative estimate of drug-likeness (QED) is 0.678. The summed E-state index contributed by atoms with van der Waals surface area (Å²) >= 11 is 1.37. The standard InChI is InChI=1S/C16H24N2O4S/c1-5-11(6-2)14(21)18-16-13(9(3)10(4)23-16)15(22)17-8-7-12(19)20/h11H,5-8H2,1-4H3,(H,17,22)(H,18,21)(H,19,20). The van der Waals surface area contributed by atoms with Gasteiger partial charge in [0.15, 0.2) is 0 Å². The molecule has 2 amide bonds. The van der Waals surface area contributed by atoms with Crippen LogP contribution in [-0.2, 0) is 9.59 Å². The van der Waals surface area contributed by atoms with Gasteiger partial charge in [-0.3, -0.25) is 14.4 Å². The second-order valence-electron chi connectivity index (χ2n) is 5.39. The number of hydrogen-bond acceptors (Lipinski definition) is 4. The maximum absolute atomic E-state index is 12.3. The average molecular weight is 340 g/mol. The lowest BCUT2D eigenvalue weighted by atomic mass is 10.0. The van der Waals surface area contributed by atoms with E-state index in [1.807, 2.05) is 27.7 Å². The van der Waals surface area contributed by atoms with Crippen LogP contribution in [0.25, 0.3) is 0 Å². The maximum Gasteiger partial charge on any atom is 0.305 e. The Bertz CT molecular complexity index is 591. The summed E-state index contributed by atoms with van der Waals surface area (Å²) in [5, 5.41) is 14.6. The summed E-state index contributed by atoms with van der Waals surface area (Å²) in [6.07, 6.45) is 1.35. The first-order chi connectivity index (χ1) is 10.8. The number of amides is 2. The molecule has 0 aliphatic heterocycles. The number of nitrogens with one attached hydrogen (secondary N) is 2. The van der Waals surface area contributed by atoms with E-state index in [0.29, 0.717) is 10.6 Å². The molecule has 0 radical (unpaired) electrons. The van der Waals surface area contributed by atoms with Crippen LogP contribution in [0.5, 0.6) is 0 Å². The Morgan fingerprint density at radius 1 is 1.17 bits per heavy atom. The van der Waals surface area contributed by atoms with Crippen LogP contribution in [0.4, 0.5) is 5.00 Å². The molecule has 3 N–H and O–H groups in total. The van der Waals surface area contributed by atoms with Gasteiger partial charge in [0.2, 0.25) is 5.91 Å². The molecule has 1 aromatic rings. The molecular weight excluding hydrogens is 316 g/mol. The van der Waals surface area contributed by atoms with E-state index in [4.69, 9.17) is 5.11 Å². The third-order valence-corrected chi connectivity index (χ3v) is 4.95. The number of carbonyl (C=O) groups excluding carboxylic acids is 2. The molecule has 1 heterocycles. The minimum atomic E-state index is -0.967. The van der Waals surface area contributed by atoms with Crippen LogP contribution >= 0.6 is 11.3 Å². The number of anilines is 1. The van der Waals surface area contributed by atoms with Crippen molar-refractivity contribution in [2.45, 2.75) is 47.0 Å². The zero-order valence-corrected chi connectivity index (χ0v) is 14.8. The SMILES string of the molecule is CCC(CC)C(=O)Nc1sc(C)c(C)c1C(=O)NCCC(=O)O. The van der Waals surface area contributed by atoms with Crippen LogP contribution in [0.2, 0.25) is 0 Å². The summed E-state index contributed by atoms with van der Waals surface area (Å²) in [6, 6.07) is 0. The van der Waals surface area contributed by atoms with E-state index in [2.05, 4.69) is 10.6 Å². The lowest BCUT2D eigenvalue weighted by molar-refractivity contribution is -0.136. The first-order valence-corrected chi connectivity index (χ1v) is 8.54. The summed E-state index contributed by atoms with van der Waals surface area (Å²) in [5.41, 5.74) is 1.24. The average Bonchev–Trinajstić information content (AvgIpc) is 2.74. The largest absolute Gasteiger partial charge is 0.481 e. The number of aryl methyl sites for hydroxylation is 1. The molecule has 0 unspecified atom stereocenters. The van der Waals surface area contributed by atoms with Gasteiger partial charge >= 0.3 is 5.97 Å². The molecule has 7 heteroatoms. The van der Waals surface area contributed by atoms with Crippen LogP contribution in [0.1, 0.15) is 53.9 Å². The van der Waals surface area contributed by atoms with Gasteiger partial charge in [-0.2, -0.15) is 0 Å². The molecule has 0 spiro atoms. The van der Waals surface area contributed by atoms with Crippen molar-refractivity contribution in [3.8, 4) is 0 Å². The van der Waals surface area contributed by atoms with Gasteiger partial charge in [-0.05, 0) is 32.3 Å². The Morgan fingerprint density at radius 2 is 1.78 bits per heavy atom. The van der Waals surface area contributed by atoms with Gasteiger partial charge in [0.25, 0.3) is 5.91 Å². The Labute approximate surface area is 140 Å². The summed E-state index contributed by atoms with van der Waals surface area (Å²) in [6.45, 7) is 7.68. The van der Waals surface area contributed by atoms with Gasteiger partial charge in [0, 0.05) is 17.3 Å². The Kier molecular flexibility index (Phi) is 7.22. The van der Waals surface area contributed by atoms with Crippen molar-refractivity contribution in [2.24, 2.45) is 5.92 Å². The molecule has 0 atom stereocenters. The van der Waals surface area contributed by atoms with Crippen molar-refractivity contribution in [2.75, 3.05) is 11.9 Å². The molecule has 23 heavy (non-hydrogen) atoms. The number of aliphatic carboxylic acids is 1. The van der Waals surface area contributed by atoms with Crippen molar-refractivity contribution in [1.82, 2.24) is 5.32 Å². The van der Waals surface area contributed by atoms with Gasteiger partial charge in [0.05, 0.1) is 12.0 Å². The van der Waals surface area contributed by atoms with E-state index in [0.717, 1.165) is 23.3 Å². The summed E-state index contributed by atoms with van der Waals surface area (Å²) in [7, 11) is 0. The first kappa shape index (κ1) is 19.2. The third-order valence-electron chi connectivity index (χ3n) is 3.83. The zero-order chi connectivity index (χ0) is 17.6. The van der Waals surface area contributed by atoms with E-state index >= 15 is 0 Å². The normalized spacial score (nSPS) is 10.7. The van der Waals surface area contributed by atoms with E-state index in [1.165, 1.54) is 11.3 Å². The molecule has 1 rings (SSSR count). The lowest BCUT2D eigenvalue weighted by Gasteiger charge is -2.13. The highest BCUT2D eigenvalue weighted by Gasteiger charge is 2.23. The van der Waals surface area contributed by atoms with Crippen molar-refractivity contribution in [3.05, 3.63) is 16.0 Å². The summed E-state index contributed by atoms with van der Waals surface area (Å²) in [5.74, 6) is -1.49. The van der Waals surface area contributed by atoms with Gasteiger partial charge in [-0.25, -0.2) is 0 Å². The molecule has 0 saturated heterocycles. The highest BCUT2D eigenvalue weighted by atomic mass is 32.1. The van der Waals surface area contributed by atoms with Crippen LogP contribution in [-0.4, -0.2) is 29.4 Å². The number of carbonyl (C=O) groups is 3. The molecule has 0 aliphatic rings. The summed E-state index contributed by atoms with van der Waals surface area (Å²) < 4.78 is 0. The van der Waals surface area contributed by atoms with Crippen molar-refractivity contribution < 1.29 is 19.5 Å². The second-order valence-corrected chi connectivity index (χ2v) is 6.61. The molecule has 0 bridgehead atoms. The number of hydrogen-bond donors (Lipinski definition) is 3. The number of rotatable bonds is 8.